The van der Waals surface area contributed by atoms with Crippen molar-refractivity contribution < 1.29 is 82.4 Å². The van der Waals surface area contributed by atoms with Crippen LogP contribution in [0.4, 0.5) is 59.3 Å². The second-order valence-corrected chi connectivity index (χ2v) is 21.4. The summed E-state index contributed by atoms with van der Waals surface area (Å²) in [4.78, 5) is 62.6. The van der Waals surface area contributed by atoms with Crippen molar-refractivity contribution in [2.45, 2.75) is 122 Å². The molecule has 28 heteroatoms. The molecule has 3 fully saturated rings. The van der Waals surface area contributed by atoms with Crippen molar-refractivity contribution in [2.75, 3.05) is 51.9 Å². The molecule has 0 saturated carbocycles. The Labute approximate surface area is 465 Å². The van der Waals surface area contributed by atoms with Gasteiger partial charge in [-0.2, -0.15) is 40.2 Å². The summed E-state index contributed by atoms with van der Waals surface area (Å²) in [5.41, 5.74) is -3.40. The van der Waals surface area contributed by atoms with Crippen LogP contribution in [0, 0.1) is 41.2 Å². The zero-order valence-electron chi connectivity index (χ0n) is 45.5. The third kappa shape index (κ3) is 14.2. The average Bonchev–Trinajstić information content (AvgIpc) is 4.05. The van der Waals surface area contributed by atoms with Crippen LogP contribution in [0.3, 0.4) is 0 Å². The number of nitrogens with one attached hydrogen (secondary N) is 4. The van der Waals surface area contributed by atoms with Crippen molar-refractivity contribution in [1.82, 2.24) is 46.0 Å². The van der Waals surface area contributed by atoms with Gasteiger partial charge >= 0.3 is 31.1 Å². The first kappa shape index (κ1) is 62.4. The van der Waals surface area contributed by atoms with Gasteiger partial charge in [0.25, 0.3) is 5.91 Å². The Hall–Kier alpha value is -7.22. The van der Waals surface area contributed by atoms with Gasteiger partial charge in [0.2, 0.25) is 5.91 Å². The van der Waals surface area contributed by atoms with Crippen molar-refractivity contribution in [2.24, 2.45) is 10.8 Å². The molecule has 4 amide bonds. The Kier molecular flexibility index (Phi) is 19.1. The number of pyridine rings is 1. The number of aryl methyl sites for hydroxylation is 1. The number of carbonyl (C=O) groups is 4. The highest BCUT2D eigenvalue weighted by atomic mass is 19.4. The lowest BCUT2D eigenvalue weighted by Gasteiger charge is -2.48. The van der Waals surface area contributed by atoms with Crippen LogP contribution in [0.15, 0.2) is 61.1 Å². The van der Waals surface area contributed by atoms with Gasteiger partial charge in [-0.1, -0.05) is 24.0 Å². The van der Waals surface area contributed by atoms with E-state index in [2.05, 4.69) is 36.8 Å². The van der Waals surface area contributed by atoms with E-state index in [4.69, 9.17) is 14.5 Å². The van der Waals surface area contributed by atoms with Crippen molar-refractivity contribution in [3.63, 3.8) is 0 Å². The number of carbonyl (C=O) groups excluding carboxylic acids is 4. The van der Waals surface area contributed by atoms with E-state index >= 15 is 8.78 Å². The molecule has 446 valence electrons. The largest absolute Gasteiger partial charge is 0.453 e. The number of aromatic nitrogens is 3. The minimum atomic E-state index is -5.27. The number of hydrogen-bond acceptors (Lipinski definition) is 13. The molecule has 0 spiro atoms. The quantitative estimate of drug-likeness (QED) is 0.0368. The second-order valence-electron chi connectivity index (χ2n) is 21.4. The number of rotatable bonds is 19. The Morgan fingerprint density at radius 3 is 1.96 bits per heavy atom. The van der Waals surface area contributed by atoms with E-state index in [0.717, 1.165) is 77.1 Å². The molecule has 2 aromatic carbocycles. The maximum atomic E-state index is 16.1. The number of alkyl halides is 8. The molecule has 5 heterocycles. The maximum Gasteiger partial charge on any atom is 0.407 e. The molecule has 3 aliphatic heterocycles. The number of halogens is 10. The van der Waals surface area contributed by atoms with Gasteiger partial charge in [-0.3, -0.25) is 19.9 Å². The first-order chi connectivity index (χ1) is 38.4. The summed E-state index contributed by atoms with van der Waals surface area (Å²) in [5, 5.41) is 22.1. The summed E-state index contributed by atoms with van der Waals surface area (Å²) in [7, 11) is 1.79. The number of fused-ring (bicyclic) bond motifs is 2. The molecule has 7 rings (SSSR count). The van der Waals surface area contributed by atoms with Gasteiger partial charge in [-0.05, 0) is 101 Å². The molecule has 2 bridgehead atoms. The standard InChI is InChI=1S/C54H62F10N10O8/c1-29-16-32(20-66-45(29)71-23-35-14-15-36(24-71)74(35)37-27-81-28-37)13-10-30-8-11-31(12-9-30)17-41(68-46(76)43(69-50(79)80-7)51(2,3)53(59,60)61)42(75)26-72(70-47(77)44(82-49(78)65-6)52(4,5)54(62,63)64)25-38-39(55)18-33(19-40(38)56)34-21-67-73(22-34)48(57)58/h8-9,11-12,16,18-22,35-37,41-44,48,75H,14-15,17,23-28H2,1-7H3,(H,65,78)(H,68,76)(H,69,79)(H,70,77)/t35-,36-,41-,42-,43+,44+/m0/s1. The third-order valence-electron chi connectivity index (χ3n) is 15.0. The van der Waals surface area contributed by atoms with Crippen LogP contribution in [0.2, 0.25) is 0 Å². The SMILES string of the molecule is CNC(=O)O[C@H](C(=O)NN(Cc1c(F)cc(-c2cnn(C(F)F)c2)cc1F)C[C@H](O)[C@H](Cc1ccc(C#Cc2cnc(N3C[C@@H]4CC[C@@H](C3)N4C3COC3)c(C)c2)cc1)NC(=O)[C@@H](NC(=O)OC)C(C)(C)C(F)(F)F)C(C)(C)C(F)(F)F. The number of nitrogens with zero attached hydrogens (tertiary/aromatic N) is 6. The number of aliphatic hydroxyl groups excluding tert-OH is 1. The number of piperazine rings is 1. The topological polar surface area (TPSA) is 205 Å². The second kappa shape index (κ2) is 25.1. The zero-order chi connectivity index (χ0) is 60.2. The number of alkyl carbamates (subject to hydrolysis) is 2. The van der Waals surface area contributed by atoms with E-state index in [0.29, 0.717) is 74.1 Å². The number of hydrazine groups is 1. The first-order valence-electron chi connectivity index (χ1n) is 25.8. The highest BCUT2D eigenvalue weighted by Gasteiger charge is 2.58. The molecule has 2 aromatic heterocycles. The smallest absolute Gasteiger partial charge is 0.407 e. The van der Waals surface area contributed by atoms with Gasteiger partial charge in [0.1, 0.15) is 28.9 Å². The maximum absolute atomic E-state index is 16.1. The highest BCUT2D eigenvalue weighted by Crippen LogP contribution is 2.43. The molecule has 3 aliphatic rings. The molecule has 0 aliphatic carbocycles. The van der Waals surface area contributed by atoms with E-state index in [1.807, 2.05) is 29.0 Å². The third-order valence-corrected chi connectivity index (χ3v) is 15.0. The Morgan fingerprint density at radius 1 is 0.829 bits per heavy atom. The van der Waals surface area contributed by atoms with Crippen LogP contribution in [-0.2, 0) is 36.8 Å². The van der Waals surface area contributed by atoms with E-state index in [1.165, 1.54) is 12.1 Å². The van der Waals surface area contributed by atoms with Crippen molar-refractivity contribution in [1.29, 1.82) is 0 Å². The summed E-state index contributed by atoms with van der Waals surface area (Å²) in [6.07, 6.45) is -13.3. The van der Waals surface area contributed by atoms with Crippen LogP contribution < -0.4 is 26.3 Å². The van der Waals surface area contributed by atoms with Crippen LogP contribution >= 0.6 is 0 Å². The molecule has 6 atom stereocenters. The molecule has 5 N–H and O–H groups in total. The summed E-state index contributed by atoms with van der Waals surface area (Å²) >= 11 is 0. The average molecular weight is 1170 g/mol. The van der Waals surface area contributed by atoms with E-state index in [-0.39, 0.29) is 21.4 Å². The number of benzene rings is 2. The molecule has 3 saturated heterocycles. The fraction of sp³-hybridized carbons (Fsp3) is 0.519. The molecule has 0 radical (unpaired) electrons. The van der Waals surface area contributed by atoms with Gasteiger partial charge in [-0.15, -0.1) is 0 Å². The van der Waals surface area contributed by atoms with Crippen molar-refractivity contribution >= 4 is 29.8 Å². The number of anilines is 1. The molecule has 18 nitrogen and oxygen atoms in total. The summed E-state index contributed by atoms with van der Waals surface area (Å²) in [6.45, 7) is 1.90. The van der Waals surface area contributed by atoms with Crippen molar-refractivity contribution in [3.8, 4) is 23.0 Å². The Bertz CT molecular complexity index is 2980. The molecule has 82 heavy (non-hydrogen) atoms. The van der Waals surface area contributed by atoms with Crippen LogP contribution in [0.25, 0.3) is 11.1 Å². The lowest BCUT2D eigenvalue weighted by Crippen LogP contribution is -2.62. The van der Waals surface area contributed by atoms with E-state index in [9.17, 15) is 59.4 Å². The number of hydrogen-bond donors (Lipinski definition) is 5. The minimum Gasteiger partial charge on any atom is -0.453 e. The monoisotopic (exact) mass is 1170 g/mol. The first-order valence-corrected chi connectivity index (χ1v) is 25.8. The van der Waals surface area contributed by atoms with E-state index in [1.54, 1.807) is 18.3 Å². The summed E-state index contributed by atoms with van der Waals surface area (Å²) < 4.78 is 161. The predicted octanol–water partition coefficient (Wildman–Crippen LogP) is 6.93. The Morgan fingerprint density at radius 2 is 1.44 bits per heavy atom. The molecular formula is C54H62F10N10O8. The van der Waals surface area contributed by atoms with Gasteiger partial charge in [-0.25, -0.2) is 33.0 Å². The normalized spacial score (nSPS) is 18.4. The lowest BCUT2D eigenvalue weighted by atomic mass is 9.82. The van der Waals surface area contributed by atoms with Gasteiger partial charge < -0.3 is 40.2 Å². The van der Waals surface area contributed by atoms with Crippen LogP contribution in [-0.4, -0.2) is 156 Å². The zero-order valence-corrected chi connectivity index (χ0v) is 45.5. The van der Waals surface area contributed by atoms with Crippen molar-refractivity contribution in [3.05, 3.63) is 101 Å². The van der Waals surface area contributed by atoms with Gasteiger partial charge in [0.05, 0.1) is 50.1 Å². The fourth-order valence-electron chi connectivity index (χ4n) is 9.92. The van der Waals surface area contributed by atoms with Gasteiger partial charge in [0, 0.05) is 80.0 Å². The van der Waals surface area contributed by atoms with Gasteiger partial charge in [0.15, 0.2) is 6.10 Å². The number of amides is 4. The highest BCUT2D eigenvalue weighted by molar-refractivity contribution is 5.87. The number of aliphatic hydroxyl groups is 1. The van der Waals surface area contributed by atoms with Crippen LogP contribution in [0.1, 0.15) is 74.9 Å². The molecule has 4 aromatic rings. The molecule has 0 unspecified atom stereocenters. The summed E-state index contributed by atoms with van der Waals surface area (Å²) in [5.74, 6) is 0.840. The predicted molar refractivity (Wildman–Crippen MR) is 274 cm³/mol. The lowest BCUT2D eigenvalue weighted by molar-refractivity contribution is -0.239. The van der Waals surface area contributed by atoms with Crippen LogP contribution in [0.5, 0.6) is 0 Å². The van der Waals surface area contributed by atoms with E-state index < -0.39 is 115 Å². The Balaban J connectivity index is 1.19. The fourth-order valence-corrected chi connectivity index (χ4v) is 9.92. The molecular weight excluding hydrogens is 1110 g/mol. The number of methoxy groups -OCH3 is 1. The minimum absolute atomic E-state index is 0.176. The number of ether oxygens (including phenoxy) is 3. The summed E-state index contributed by atoms with van der Waals surface area (Å²) in [6, 6.07) is 6.39.